The van der Waals surface area contributed by atoms with Crippen molar-refractivity contribution in [3.63, 3.8) is 0 Å². The van der Waals surface area contributed by atoms with Crippen molar-refractivity contribution in [1.82, 2.24) is 0 Å². The smallest absolute Gasteiger partial charge is 0.0455 e. The van der Waals surface area contributed by atoms with Crippen LogP contribution in [0.1, 0.15) is 49.3 Å². The molecule has 3 aromatic carbocycles. The molecule has 0 radical (unpaired) electrons. The van der Waals surface area contributed by atoms with E-state index < -0.39 is 0 Å². The molecular weight excluding hydrogens is 537 g/mol. The summed E-state index contributed by atoms with van der Waals surface area (Å²) in [7, 11) is 0. The molecule has 0 fully saturated rings. The van der Waals surface area contributed by atoms with Crippen LogP contribution in [0, 0.1) is 0 Å². The van der Waals surface area contributed by atoms with Crippen LogP contribution in [0.2, 0.25) is 0 Å². The number of unbranched alkanes of at least 4 members (excludes halogenated alkanes) is 2. The molecule has 7 rings (SSSR count). The minimum atomic E-state index is 1.20. The average Bonchev–Trinajstić information content (AvgIpc) is 3.74. The molecule has 0 aliphatic heterocycles. The second-order valence-corrected chi connectivity index (χ2v) is 14.7. The number of fused-ring (bicyclic) bond motifs is 7. The number of aryl methyl sites for hydroxylation is 2. The van der Waals surface area contributed by atoms with Gasteiger partial charge in [-0.25, -0.2) is 0 Å². The third-order valence-electron chi connectivity index (χ3n) is 7.55. The van der Waals surface area contributed by atoms with Gasteiger partial charge >= 0.3 is 0 Å². The van der Waals surface area contributed by atoms with Gasteiger partial charge in [-0.2, -0.15) is 0 Å². The van der Waals surface area contributed by atoms with E-state index in [1.165, 1.54) is 110 Å². The van der Waals surface area contributed by atoms with Gasteiger partial charge in [0.05, 0.1) is 0 Å². The molecule has 0 spiro atoms. The van der Waals surface area contributed by atoms with Gasteiger partial charge in [0.15, 0.2) is 0 Å². The molecule has 4 aromatic heterocycles. The molecule has 0 nitrogen and oxygen atoms in total. The van der Waals surface area contributed by atoms with Crippen molar-refractivity contribution < 1.29 is 0 Å². The van der Waals surface area contributed by atoms with E-state index in [1.807, 2.05) is 45.3 Å². The first kappa shape index (κ1) is 24.5. The predicted molar refractivity (Wildman–Crippen MR) is 176 cm³/mol. The van der Waals surface area contributed by atoms with Crippen LogP contribution in [-0.2, 0) is 12.8 Å². The van der Waals surface area contributed by atoms with E-state index in [0.29, 0.717) is 0 Å². The molecule has 0 amide bonds. The monoisotopic (exact) mass is 566 g/mol. The summed E-state index contributed by atoms with van der Waals surface area (Å²) in [6.45, 7) is 4.54. The third kappa shape index (κ3) is 4.32. The Morgan fingerprint density at radius 1 is 0.421 bits per heavy atom. The highest BCUT2D eigenvalue weighted by Gasteiger charge is 2.14. The summed E-state index contributed by atoms with van der Waals surface area (Å²) in [5.41, 5.74) is 0. The van der Waals surface area contributed by atoms with Gasteiger partial charge in [-0.05, 0) is 95.8 Å². The van der Waals surface area contributed by atoms with Gasteiger partial charge in [0.2, 0.25) is 0 Å². The van der Waals surface area contributed by atoms with E-state index in [-0.39, 0.29) is 0 Å². The Morgan fingerprint density at radius 3 is 1.29 bits per heavy atom. The molecule has 38 heavy (non-hydrogen) atoms. The zero-order chi connectivity index (χ0) is 25.6. The summed E-state index contributed by atoms with van der Waals surface area (Å²) >= 11 is 7.80. The molecule has 0 N–H and O–H groups in total. The van der Waals surface area contributed by atoms with Crippen LogP contribution in [0.3, 0.4) is 0 Å². The van der Waals surface area contributed by atoms with E-state index in [2.05, 4.69) is 86.6 Å². The lowest BCUT2D eigenvalue weighted by atomic mass is 9.98. The van der Waals surface area contributed by atoms with Crippen LogP contribution in [0.4, 0.5) is 0 Å². The number of thiophene rings is 4. The zero-order valence-electron chi connectivity index (χ0n) is 21.8. The first-order valence-electron chi connectivity index (χ1n) is 13.7. The van der Waals surface area contributed by atoms with Crippen LogP contribution in [-0.4, -0.2) is 0 Å². The highest BCUT2D eigenvalue weighted by molar-refractivity contribution is 7.26. The summed E-state index contributed by atoms with van der Waals surface area (Å²) in [5.74, 6) is 0. The van der Waals surface area contributed by atoms with Crippen molar-refractivity contribution in [2.24, 2.45) is 0 Å². The minimum Gasteiger partial charge on any atom is -0.139 e. The largest absolute Gasteiger partial charge is 0.139 e. The Labute approximate surface area is 240 Å². The molecule has 7 aromatic rings. The van der Waals surface area contributed by atoms with Gasteiger partial charge in [0, 0.05) is 49.4 Å². The minimum absolute atomic E-state index is 1.20. The third-order valence-corrected chi connectivity index (χ3v) is 12.4. The second-order valence-electron chi connectivity index (χ2n) is 10.2. The van der Waals surface area contributed by atoms with Crippen LogP contribution in [0.15, 0.2) is 72.8 Å². The van der Waals surface area contributed by atoms with Gasteiger partial charge in [-0.15, -0.1) is 45.3 Å². The molecule has 0 bridgehead atoms. The van der Waals surface area contributed by atoms with E-state index in [1.54, 1.807) is 0 Å². The van der Waals surface area contributed by atoms with Gasteiger partial charge in [-0.1, -0.05) is 51.0 Å². The average molecular weight is 567 g/mol. The van der Waals surface area contributed by atoms with E-state index in [9.17, 15) is 0 Å². The predicted octanol–water partition coefficient (Wildman–Crippen LogP) is 12.6. The SMILES string of the molecule is CCCCc1ccc(-c2cc3c(ccc4c3ccc3c5cc(-c6ccc(CCCC)s6)sc5ccc34)s2)s1. The number of rotatable bonds is 8. The summed E-state index contributed by atoms with van der Waals surface area (Å²) in [4.78, 5) is 8.62. The normalized spacial score (nSPS) is 12.1. The van der Waals surface area contributed by atoms with Gasteiger partial charge in [-0.3, -0.25) is 0 Å². The molecule has 0 aliphatic rings. The van der Waals surface area contributed by atoms with Crippen LogP contribution in [0.5, 0.6) is 0 Å². The lowest BCUT2D eigenvalue weighted by molar-refractivity contribution is 0.804. The van der Waals surface area contributed by atoms with Crippen LogP contribution < -0.4 is 0 Å². The second kappa shape index (κ2) is 10.2. The van der Waals surface area contributed by atoms with Gasteiger partial charge in [0.1, 0.15) is 0 Å². The first-order chi connectivity index (χ1) is 18.7. The maximum absolute atomic E-state index is 2.43. The molecule has 0 saturated carbocycles. The fraction of sp³-hybridized carbons (Fsp3) is 0.235. The number of benzene rings is 3. The van der Waals surface area contributed by atoms with Crippen molar-refractivity contribution in [3.05, 3.63) is 82.6 Å². The Kier molecular flexibility index (Phi) is 6.61. The fourth-order valence-electron chi connectivity index (χ4n) is 5.50. The van der Waals surface area contributed by atoms with E-state index >= 15 is 0 Å². The molecule has 0 saturated heterocycles. The topological polar surface area (TPSA) is 0 Å². The van der Waals surface area contributed by atoms with Gasteiger partial charge in [0.25, 0.3) is 0 Å². The summed E-state index contributed by atoms with van der Waals surface area (Å²) in [5, 5.41) is 8.24. The molecule has 4 heterocycles. The summed E-state index contributed by atoms with van der Waals surface area (Å²) < 4.78 is 2.76. The van der Waals surface area contributed by atoms with Gasteiger partial charge < -0.3 is 0 Å². The first-order valence-corrected chi connectivity index (χ1v) is 17.0. The number of hydrogen-bond donors (Lipinski definition) is 0. The molecule has 0 aliphatic carbocycles. The lowest BCUT2D eigenvalue weighted by Gasteiger charge is -2.06. The number of hydrogen-bond acceptors (Lipinski definition) is 4. The zero-order valence-corrected chi connectivity index (χ0v) is 25.1. The molecular formula is C34H30S4. The highest BCUT2D eigenvalue weighted by atomic mass is 32.1. The summed E-state index contributed by atoms with van der Waals surface area (Å²) in [6.07, 6.45) is 7.46. The highest BCUT2D eigenvalue weighted by Crippen LogP contribution is 2.44. The summed E-state index contributed by atoms with van der Waals surface area (Å²) in [6, 6.07) is 28.3. The van der Waals surface area contributed by atoms with Crippen molar-refractivity contribution in [1.29, 1.82) is 0 Å². The maximum atomic E-state index is 2.43. The standard InChI is InChI=1S/C34H30S4/c1-3-5-7-21-9-15-31(35-21)33-19-27-25-11-12-26-24(23(25)13-17-29(27)37-33)14-18-30-28(26)20-34(38-30)32-16-10-22(36-32)8-6-4-2/h9-20H,3-8H2,1-2H3. The maximum Gasteiger partial charge on any atom is 0.0455 e. The Balaban J connectivity index is 1.30. The fourth-order valence-corrected chi connectivity index (χ4v) is 9.91. The van der Waals surface area contributed by atoms with Crippen molar-refractivity contribution >= 4 is 87.1 Å². The van der Waals surface area contributed by atoms with Crippen molar-refractivity contribution in [2.75, 3.05) is 0 Å². The Bertz CT molecular complexity index is 1770. The lowest BCUT2D eigenvalue weighted by Crippen LogP contribution is -1.79. The Hall–Kier alpha value is -2.50. The molecule has 0 unspecified atom stereocenters. The van der Waals surface area contributed by atoms with E-state index in [4.69, 9.17) is 0 Å². The molecule has 4 heteroatoms. The van der Waals surface area contributed by atoms with Crippen LogP contribution in [0.25, 0.3) is 61.2 Å². The van der Waals surface area contributed by atoms with Crippen molar-refractivity contribution in [2.45, 2.75) is 52.4 Å². The van der Waals surface area contributed by atoms with Crippen molar-refractivity contribution in [3.8, 4) is 19.5 Å². The van der Waals surface area contributed by atoms with E-state index in [0.717, 1.165) is 0 Å². The quantitative estimate of drug-likeness (QED) is 0.160. The Morgan fingerprint density at radius 2 is 0.842 bits per heavy atom. The van der Waals surface area contributed by atoms with Crippen LogP contribution >= 0.6 is 45.3 Å². The molecule has 190 valence electrons. The molecule has 0 atom stereocenters.